The molecule has 0 aromatic heterocycles. The Morgan fingerprint density at radius 2 is 0.507 bits per heavy atom. The van der Waals surface area contributed by atoms with Crippen molar-refractivity contribution in [3.05, 3.63) is 0 Å². The number of hydrogen-bond donors (Lipinski definition) is 0. The van der Waals surface area contributed by atoms with Crippen molar-refractivity contribution in [2.24, 2.45) is 0 Å². The first-order chi connectivity index (χ1) is 28.5. The van der Waals surface area contributed by atoms with Gasteiger partial charge in [-0.25, -0.2) is 4.79 Å². The lowest BCUT2D eigenvalue weighted by atomic mass is 9.93. The van der Waals surface area contributed by atoms with Crippen LogP contribution in [0.3, 0.4) is 0 Å². The number of esters is 1. The Morgan fingerprint density at radius 1 is 0.299 bits per heavy atom. The van der Waals surface area contributed by atoms with E-state index in [2.05, 4.69) is 14.2 Å². The molecule has 1 atom stereocenters. The summed E-state index contributed by atoms with van der Waals surface area (Å²) in [5.41, 5.74) is 0. The van der Waals surface area contributed by atoms with Gasteiger partial charge in [-0.1, -0.05) is 0 Å². The van der Waals surface area contributed by atoms with E-state index in [9.17, 15) is 163 Å². The van der Waals surface area contributed by atoms with Gasteiger partial charge in [0.1, 0.15) is 0 Å². The van der Waals surface area contributed by atoms with Gasteiger partial charge < -0.3 is 14.2 Å². The third-order valence-electron chi connectivity index (χ3n) is 8.40. The molecule has 0 aliphatic rings. The van der Waals surface area contributed by atoms with Gasteiger partial charge >= 0.3 is 107 Å². The summed E-state index contributed by atoms with van der Waals surface area (Å²) in [7, 11) is 0. The zero-order chi connectivity index (χ0) is 54.9. The van der Waals surface area contributed by atoms with Crippen LogP contribution in [0.5, 0.6) is 0 Å². The lowest BCUT2D eigenvalue weighted by Crippen LogP contribution is -2.70. The molecule has 0 amide bonds. The molecule has 0 heterocycles. The van der Waals surface area contributed by atoms with Gasteiger partial charge in [-0.15, -0.1) is 0 Å². The Balaban J connectivity index is 7.07. The van der Waals surface area contributed by atoms with Crippen molar-refractivity contribution >= 4 is 5.97 Å². The Kier molecular flexibility index (Phi) is 16.8. The first-order valence-electron chi connectivity index (χ1n) is 15.8. The molecule has 0 saturated heterocycles. The van der Waals surface area contributed by atoms with Crippen molar-refractivity contribution in [2.45, 2.75) is 140 Å². The van der Waals surface area contributed by atoms with Crippen molar-refractivity contribution in [1.82, 2.24) is 0 Å². The molecule has 1 unspecified atom stereocenters. The molecule has 0 rings (SSSR count). The number of carbonyl (C=O) groups excluding carboxylic acids is 1. The van der Waals surface area contributed by atoms with Gasteiger partial charge in [-0.05, 0) is 0 Å². The number of halogens is 36. The van der Waals surface area contributed by atoms with Gasteiger partial charge in [0.05, 0.1) is 26.2 Å². The molecule has 0 aliphatic carbocycles. The molecular formula is C27H18F36O4. The van der Waals surface area contributed by atoms with E-state index in [4.69, 9.17) is 0 Å². The average Bonchev–Trinajstić information content (AvgIpc) is 3.08. The largest absolute Gasteiger partial charge is 0.461 e. The standard InChI is InChI=1S/C27H18F36O4/c1-10(66-7-4-13(32,33)16(38,39)19(44,45)15(36,37)11(2,28)29,67-8-5-14(34,35)18(42,43)21(48,49)23(52,53)25(56,57)27(61,62)63)9(64)65-6-3-12(30,31)17(40,41)20(46,47)22(50,51)24(54,55)26(58,59)60/h3-8H2,1-2H3. The monoisotopic (exact) mass is 1090 g/mol. The summed E-state index contributed by atoms with van der Waals surface area (Å²) < 4.78 is 495. The summed E-state index contributed by atoms with van der Waals surface area (Å²) in [4.78, 5) is 12.4. The molecular weight excluding hydrogens is 1070 g/mol. The van der Waals surface area contributed by atoms with Crippen LogP contribution in [-0.4, -0.2) is 133 Å². The molecule has 0 aromatic rings. The molecule has 402 valence electrons. The fourth-order valence-electron chi connectivity index (χ4n) is 4.09. The Morgan fingerprint density at radius 3 is 0.731 bits per heavy atom. The molecule has 67 heavy (non-hydrogen) atoms. The van der Waals surface area contributed by atoms with E-state index >= 15 is 0 Å². The number of hydrogen-bond acceptors (Lipinski definition) is 4. The molecule has 0 saturated carbocycles. The highest BCUT2D eigenvalue weighted by Gasteiger charge is 2.92. The van der Waals surface area contributed by atoms with E-state index in [1.54, 1.807) is 0 Å². The van der Waals surface area contributed by atoms with Crippen LogP contribution in [0.1, 0.15) is 33.1 Å². The highest BCUT2D eigenvalue weighted by atomic mass is 19.4. The predicted octanol–water partition coefficient (Wildman–Crippen LogP) is 13.1. The Bertz CT molecular complexity index is 1700. The quantitative estimate of drug-likeness (QED) is 0.0549. The van der Waals surface area contributed by atoms with Crippen molar-refractivity contribution < 1.29 is 177 Å². The molecule has 0 fully saturated rings. The van der Waals surface area contributed by atoms with Crippen LogP contribution in [0.15, 0.2) is 0 Å². The van der Waals surface area contributed by atoms with E-state index in [-0.39, 0.29) is 0 Å². The summed E-state index contributed by atoms with van der Waals surface area (Å²) in [6.07, 6.45) is -26.8. The minimum atomic E-state index is -8.60. The smallest absolute Gasteiger partial charge is 0.460 e. The van der Waals surface area contributed by atoms with Gasteiger partial charge in [0.15, 0.2) is 0 Å². The van der Waals surface area contributed by atoms with Gasteiger partial charge in [0, 0.05) is 26.7 Å². The van der Waals surface area contributed by atoms with Crippen molar-refractivity contribution in [2.75, 3.05) is 19.8 Å². The van der Waals surface area contributed by atoms with Gasteiger partial charge in [0.25, 0.3) is 5.79 Å². The molecule has 0 spiro atoms. The fourth-order valence-corrected chi connectivity index (χ4v) is 4.09. The molecule has 4 nitrogen and oxygen atoms in total. The fraction of sp³-hybridized carbons (Fsp3) is 0.963. The van der Waals surface area contributed by atoms with Crippen molar-refractivity contribution in [1.29, 1.82) is 0 Å². The van der Waals surface area contributed by atoms with Gasteiger partial charge in [-0.3, -0.25) is 0 Å². The second kappa shape index (κ2) is 17.6. The van der Waals surface area contributed by atoms with Crippen molar-refractivity contribution in [3.8, 4) is 0 Å². The molecule has 40 heteroatoms. The molecule has 0 aliphatic heterocycles. The van der Waals surface area contributed by atoms with Crippen LogP contribution >= 0.6 is 0 Å². The van der Waals surface area contributed by atoms with E-state index in [0.29, 0.717) is 0 Å². The zero-order valence-electron chi connectivity index (χ0n) is 31.0. The molecule has 0 aromatic carbocycles. The first kappa shape index (κ1) is 63.9. The average molecular weight is 1090 g/mol. The normalized spacial score (nSPS) is 17.2. The number of ether oxygens (including phenoxy) is 3. The topological polar surface area (TPSA) is 44.8 Å². The van der Waals surface area contributed by atoms with Crippen LogP contribution in [0.2, 0.25) is 0 Å². The maximum absolute atomic E-state index is 14.2. The van der Waals surface area contributed by atoms with E-state index < -0.39 is 166 Å². The summed E-state index contributed by atoms with van der Waals surface area (Å²) in [5.74, 6) is -127. The van der Waals surface area contributed by atoms with Crippen LogP contribution in [0.4, 0.5) is 158 Å². The summed E-state index contributed by atoms with van der Waals surface area (Å²) in [5, 5.41) is 0. The highest BCUT2D eigenvalue weighted by Crippen LogP contribution is 2.63. The second-order valence-electron chi connectivity index (χ2n) is 13.3. The highest BCUT2D eigenvalue weighted by molar-refractivity contribution is 5.77. The minimum absolute atomic E-state index is 0.657. The minimum Gasteiger partial charge on any atom is -0.461 e. The third-order valence-corrected chi connectivity index (χ3v) is 8.40. The Labute approximate surface area is 344 Å². The SMILES string of the molecule is CC(OCCC(F)(F)C(F)(F)C(F)(F)C(F)(F)C(C)(F)F)(OCCC(F)(F)C(F)(F)C(F)(F)C(F)(F)C(F)(F)C(F)(F)F)C(=O)OCCC(F)(F)C(F)(F)C(F)(F)C(F)(F)C(F)(F)C(F)(F)F. The van der Waals surface area contributed by atoms with Crippen LogP contribution < -0.4 is 0 Å². The maximum atomic E-state index is 14.2. The molecule has 0 radical (unpaired) electrons. The van der Waals surface area contributed by atoms with Crippen molar-refractivity contribution in [3.63, 3.8) is 0 Å². The van der Waals surface area contributed by atoms with E-state index in [1.807, 2.05) is 0 Å². The summed E-state index contributed by atoms with van der Waals surface area (Å²) in [6, 6.07) is 0. The van der Waals surface area contributed by atoms with Crippen LogP contribution in [-0.2, 0) is 19.0 Å². The third kappa shape index (κ3) is 10.1. The summed E-state index contributed by atoms with van der Waals surface area (Å²) >= 11 is 0. The second-order valence-corrected chi connectivity index (χ2v) is 13.3. The first-order valence-corrected chi connectivity index (χ1v) is 15.8. The zero-order valence-corrected chi connectivity index (χ0v) is 31.0. The van der Waals surface area contributed by atoms with Crippen LogP contribution in [0, 0.1) is 0 Å². The molecule has 0 N–H and O–H groups in total. The van der Waals surface area contributed by atoms with E-state index in [1.165, 1.54) is 0 Å². The Hall–Kier alpha value is -3.13. The number of rotatable bonds is 24. The van der Waals surface area contributed by atoms with Crippen LogP contribution in [0.25, 0.3) is 0 Å². The van der Waals surface area contributed by atoms with Gasteiger partial charge in [0.2, 0.25) is 0 Å². The lowest BCUT2D eigenvalue weighted by molar-refractivity contribution is -0.440. The predicted molar refractivity (Wildman–Crippen MR) is 137 cm³/mol. The summed E-state index contributed by atoms with van der Waals surface area (Å²) in [6.45, 7) is -11.1. The van der Waals surface area contributed by atoms with Gasteiger partial charge in [-0.2, -0.15) is 158 Å². The lowest BCUT2D eigenvalue weighted by Gasteiger charge is -2.40. The number of alkyl halides is 36. The maximum Gasteiger partial charge on any atom is 0.460 e. The van der Waals surface area contributed by atoms with E-state index in [0.717, 1.165) is 0 Å². The number of carbonyl (C=O) groups is 1. The molecule has 0 bridgehead atoms.